The molecule has 13 heteroatoms. The molecule has 1 saturated carbocycles. The van der Waals surface area contributed by atoms with Crippen LogP contribution in [0.3, 0.4) is 0 Å². The molecule has 4 rings (SSSR count). The molecule has 1 aliphatic rings. The fraction of sp³-hybridized carbons (Fsp3) is 0.450. The fourth-order valence-corrected chi connectivity index (χ4v) is 5.16. The van der Waals surface area contributed by atoms with Gasteiger partial charge in [0.2, 0.25) is 5.95 Å². The van der Waals surface area contributed by atoms with Crippen molar-refractivity contribution in [1.82, 2.24) is 15.0 Å². The van der Waals surface area contributed by atoms with Gasteiger partial charge >= 0.3 is 6.18 Å². The van der Waals surface area contributed by atoms with E-state index >= 15 is 0 Å². The third-order valence-corrected chi connectivity index (χ3v) is 6.83. The smallest absolute Gasteiger partial charge is 0.396 e. The van der Waals surface area contributed by atoms with E-state index in [1.165, 1.54) is 11.3 Å². The van der Waals surface area contributed by atoms with Gasteiger partial charge in [-0.15, -0.1) is 11.3 Å². The van der Waals surface area contributed by atoms with Crippen LogP contribution in [0.2, 0.25) is 5.15 Å². The number of halogens is 4. The Morgan fingerprint density at radius 1 is 1.06 bits per heavy atom. The summed E-state index contributed by atoms with van der Waals surface area (Å²) in [6.07, 6.45) is -6.25. The highest BCUT2D eigenvalue weighted by molar-refractivity contribution is 7.21. The molecule has 4 atom stereocenters. The van der Waals surface area contributed by atoms with Crippen LogP contribution in [0.15, 0.2) is 24.3 Å². The van der Waals surface area contributed by atoms with Gasteiger partial charge in [-0.25, -0.2) is 9.97 Å². The van der Waals surface area contributed by atoms with E-state index in [4.69, 9.17) is 11.6 Å². The van der Waals surface area contributed by atoms with E-state index in [1.54, 1.807) is 0 Å². The summed E-state index contributed by atoms with van der Waals surface area (Å²) in [6, 6.07) is 7.39. The minimum absolute atomic E-state index is 0.0866. The number of hydrogen-bond donors (Lipinski definition) is 5. The quantitative estimate of drug-likeness (QED) is 0.312. The number of anilines is 2. The number of rotatable bonds is 7. The molecule has 0 saturated heterocycles. The number of fused-ring (bicyclic) bond motifs is 1. The lowest BCUT2D eigenvalue weighted by atomic mass is 10.0. The second-order valence-corrected chi connectivity index (χ2v) is 9.21. The average Bonchev–Trinajstić information content (AvgIpc) is 3.31. The number of aliphatic hydroxyl groups excluding tert-OH is 3. The maximum Gasteiger partial charge on any atom is 0.405 e. The summed E-state index contributed by atoms with van der Waals surface area (Å²) >= 11 is 7.70. The Labute approximate surface area is 195 Å². The molecule has 8 nitrogen and oxygen atoms in total. The van der Waals surface area contributed by atoms with Crippen molar-refractivity contribution < 1.29 is 28.5 Å². The van der Waals surface area contributed by atoms with Crippen molar-refractivity contribution in [3.8, 4) is 10.6 Å². The molecule has 3 aromatic rings. The zero-order valence-electron chi connectivity index (χ0n) is 17.1. The third-order valence-electron chi connectivity index (χ3n) is 5.51. The first-order valence-corrected chi connectivity index (χ1v) is 11.3. The Morgan fingerprint density at radius 3 is 2.45 bits per heavy atom. The van der Waals surface area contributed by atoms with Crippen molar-refractivity contribution in [2.75, 3.05) is 30.3 Å². The Hall–Kier alpha value is -2.25. The van der Waals surface area contributed by atoms with Crippen molar-refractivity contribution >= 4 is 44.9 Å². The molecular formula is C20H21ClF3N5O3S. The van der Waals surface area contributed by atoms with Crippen molar-refractivity contribution in [1.29, 1.82) is 0 Å². The molecule has 0 bridgehead atoms. The van der Waals surface area contributed by atoms with E-state index in [1.807, 2.05) is 24.3 Å². The van der Waals surface area contributed by atoms with Crippen LogP contribution < -0.4 is 10.6 Å². The molecule has 1 aromatic carbocycles. The first-order chi connectivity index (χ1) is 15.7. The monoisotopic (exact) mass is 503 g/mol. The Morgan fingerprint density at radius 2 is 1.79 bits per heavy atom. The Kier molecular flexibility index (Phi) is 6.91. The maximum absolute atomic E-state index is 12.7. The van der Waals surface area contributed by atoms with Crippen LogP contribution in [-0.2, 0) is 0 Å². The average molecular weight is 504 g/mol. The summed E-state index contributed by atoms with van der Waals surface area (Å²) in [7, 11) is 0. The zero-order chi connectivity index (χ0) is 23.8. The number of nitrogens with one attached hydrogen (secondary N) is 2. The second-order valence-electron chi connectivity index (χ2n) is 7.82. The molecule has 2 aromatic heterocycles. The van der Waals surface area contributed by atoms with Crippen LogP contribution in [0.5, 0.6) is 0 Å². The van der Waals surface area contributed by atoms with Crippen LogP contribution in [0.25, 0.3) is 20.8 Å². The normalized spacial score (nSPS) is 23.2. The summed E-state index contributed by atoms with van der Waals surface area (Å²) in [6.45, 7) is -1.47. The molecule has 2 heterocycles. The standard InChI is InChI=1S/C20H21ClF3N5O3S/c21-16-13(18-27-11-3-1-2-4-12(11)33-18)17(29-19(28-16)26-8-20(22,23)24)25-6-9-5-10(7-30)15(32)14(9)31/h1-4,9-10,14-15,30-32H,5-8H2,(H2,25,26,28,29)/t9-,10+,14-,15+/m0/s1. The number of hydrogen-bond acceptors (Lipinski definition) is 9. The molecule has 0 unspecified atom stereocenters. The summed E-state index contributed by atoms with van der Waals surface area (Å²) < 4.78 is 38.9. The van der Waals surface area contributed by atoms with Gasteiger partial charge in [0.25, 0.3) is 0 Å². The summed E-state index contributed by atoms with van der Waals surface area (Å²) in [4.78, 5) is 12.7. The SMILES string of the molecule is OC[C@H]1C[C@@H](CNc2nc(NCC(F)(F)F)nc(Cl)c2-c2nc3ccccc3s2)[C@H](O)[C@@H]1O. The van der Waals surface area contributed by atoms with Crippen molar-refractivity contribution in [2.45, 2.75) is 24.8 Å². The molecule has 33 heavy (non-hydrogen) atoms. The topological polar surface area (TPSA) is 123 Å². The number of thiazole rings is 1. The first-order valence-electron chi connectivity index (χ1n) is 10.1. The molecule has 0 amide bonds. The lowest BCUT2D eigenvalue weighted by Gasteiger charge is -2.19. The minimum atomic E-state index is -4.47. The predicted octanol–water partition coefficient (Wildman–Crippen LogP) is 3.14. The largest absolute Gasteiger partial charge is 0.405 e. The van der Waals surface area contributed by atoms with Gasteiger partial charge in [-0.1, -0.05) is 23.7 Å². The van der Waals surface area contributed by atoms with E-state index < -0.39 is 36.8 Å². The van der Waals surface area contributed by atoms with Crippen LogP contribution in [0.4, 0.5) is 24.9 Å². The van der Waals surface area contributed by atoms with Crippen LogP contribution in [0, 0.1) is 11.8 Å². The Balaban J connectivity index is 1.66. The van der Waals surface area contributed by atoms with Crippen molar-refractivity contribution in [3.05, 3.63) is 29.4 Å². The Bertz CT molecular complexity index is 1100. The van der Waals surface area contributed by atoms with Gasteiger partial charge in [-0.05, 0) is 18.6 Å². The zero-order valence-corrected chi connectivity index (χ0v) is 18.6. The molecular weight excluding hydrogens is 483 g/mol. The maximum atomic E-state index is 12.7. The first kappa shape index (κ1) is 23.9. The highest BCUT2D eigenvalue weighted by atomic mass is 35.5. The van der Waals surface area contributed by atoms with Crippen molar-refractivity contribution in [3.63, 3.8) is 0 Å². The summed E-state index contributed by atoms with van der Waals surface area (Å²) in [5.74, 6) is -1.05. The third kappa shape index (κ3) is 5.30. The van der Waals surface area contributed by atoms with E-state index in [2.05, 4.69) is 25.6 Å². The van der Waals surface area contributed by atoms with Crippen molar-refractivity contribution in [2.24, 2.45) is 11.8 Å². The lowest BCUT2D eigenvalue weighted by Crippen LogP contribution is -2.32. The van der Waals surface area contributed by atoms with Gasteiger partial charge in [0.15, 0.2) is 0 Å². The highest BCUT2D eigenvalue weighted by Gasteiger charge is 2.41. The van der Waals surface area contributed by atoms with Gasteiger partial charge in [0, 0.05) is 25.0 Å². The number of alkyl halides is 3. The van der Waals surface area contributed by atoms with Gasteiger partial charge < -0.3 is 26.0 Å². The second kappa shape index (κ2) is 9.55. The number of para-hydroxylation sites is 1. The van der Waals surface area contributed by atoms with Gasteiger partial charge in [0.05, 0.1) is 28.0 Å². The predicted molar refractivity (Wildman–Crippen MR) is 119 cm³/mol. The molecule has 5 N–H and O–H groups in total. The fourth-order valence-electron chi connectivity index (χ4n) is 3.83. The van der Waals surface area contributed by atoms with E-state index in [9.17, 15) is 28.5 Å². The van der Waals surface area contributed by atoms with E-state index in [0.29, 0.717) is 17.0 Å². The highest BCUT2D eigenvalue weighted by Crippen LogP contribution is 2.39. The molecule has 1 fully saturated rings. The van der Waals surface area contributed by atoms with Gasteiger partial charge in [-0.2, -0.15) is 18.2 Å². The molecule has 0 aliphatic heterocycles. The van der Waals surface area contributed by atoms with E-state index in [0.717, 1.165) is 10.2 Å². The molecule has 0 radical (unpaired) electrons. The van der Waals surface area contributed by atoms with Crippen LogP contribution in [-0.4, -0.2) is 68.4 Å². The number of aliphatic hydroxyl groups is 3. The number of nitrogens with zero attached hydrogens (tertiary/aromatic N) is 3. The van der Waals surface area contributed by atoms with Gasteiger partial charge in [-0.3, -0.25) is 0 Å². The summed E-state index contributed by atoms with van der Waals surface area (Å²) in [5, 5.41) is 35.3. The van der Waals surface area contributed by atoms with Crippen LogP contribution in [0.1, 0.15) is 6.42 Å². The molecule has 0 spiro atoms. The van der Waals surface area contributed by atoms with E-state index in [-0.39, 0.29) is 30.1 Å². The van der Waals surface area contributed by atoms with Crippen LogP contribution >= 0.6 is 22.9 Å². The molecule has 178 valence electrons. The summed E-state index contributed by atoms with van der Waals surface area (Å²) in [5.41, 5.74) is 1.04. The van der Waals surface area contributed by atoms with Gasteiger partial charge in [0.1, 0.15) is 22.5 Å². The molecule has 1 aliphatic carbocycles. The number of benzene rings is 1. The number of aromatic nitrogens is 3. The minimum Gasteiger partial charge on any atom is -0.396 e. The lowest BCUT2D eigenvalue weighted by molar-refractivity contribution is -0.115.